The normalized spacial score (nSPS) is 17.3. The topological polar surface area (TPSA) is 113 Å². The van der Waals surface area contributed by atoms with Crippen molar-refractivity contribution in [3.8, 4) is 0 Å². The molecule has 1 atom stereocenters. The van der Waals surface area contributed by atoms with E-state index in [0.29, 0.717) is 17.8 Å². The molecule has 1 aromatic carbocycles. The maximum Gasteiger partial charge on any atom is 0.251 e. The Morgan fingerprint density at radius 2 is 2.13 bits per heavy atom. The van der Waals surface area contributed by atoms with Gasteiger partial charge in [-0.15, -0.1) is 0 Å². The van der Waals surface area contributed by atoms with E-state index in [2.05, 4.69) is 16.0 Å². The van der Waals surface area contributed by atoms with E-state index in [1.165, 1.54) is 0 Å². The van der Waals surface area contributed by atoms with Gasteiger partial charge < -0.3 is 21.7 Å². The molecule has 5 N–H and O–H groups in total. The lowest BCUT2D eigenvalue weighted by atomic mass is 9.98. The summed E-state index contributed by atoms with van der Waals surface area (Å²) in [5, 5.41) is 8.66. The van der Waals surface area contributed by atoms with Gasteiger partial charge in [-0.05, 0) is 37.6 Å². The SMILES string of the molecule is NC(=O)CCNC(=O)c1cccc(NC(=O)C2CCCNC2)c1. The van der Waals surface area contributed by atoms with Crippen molar-refractivity contribution >= 4 is 23.4 Å². The van der Waals surface area contributed by atoms with Crippen LogP contribution in [0.1, 0.15) is 29.6 Å². The summed E-state index contributed by atoms with van der Waals surface area (Å²) in [6, 6.07) is 6.72. The van der Waals surface area contributed by atoms with E-state index in [-0.39, 0.29) is 30.7 Å². The summed E-state index contributed by atoms with van der Waals surface area (Å²) in [7, 11) is 0. The Morgan fingerprint density at radius 3 is 2.83 bits per heavy atom. The molecular weight excluding hydrogens is 296 g/mol. The van der Waals surface area contributed by atoms with Crippen molar-refractivity contribution < 1.29 is 14.4 Å². The minimum absolute atomic E-state index is 0.0384. The quantitative estimate of drug-likeness (QED) is 0.601. The van der Waals surface area contributed by atoms with Crippen molar-refractivity contribution in [2.24, 2.45) is 11.7 Å². The van der Waals surface area contributed by atoms with E-state index < -0.39 is 5.91 Å². The lowest BCUT2D eigenvalue weighted by Crippen LogP contribution is -2.37. The number of nitrogens with two attached hydrogens (primary N) is 1. The number of carbonyl (C=O) groups excluding carboxylic acids is 3. The smallest absolute Gasteiger partial charge is 0.251 e. The highest BCUT2D eigenvalue weighted by Crippen LogP contribution is 2.15. The number of hydrogen-bond donors (Lipinski definition) is 4. The Kier molecular flexibility index (Phi) is 6.10. The minimum atomic E-state index is -0.465. The van der Waals surface area contributed by atoms with E-state index in [4.69, 9.17) is 5.73 Å². The van der Waals surface area contributed by atoms with Crippen LogP contribution in [-0.2, 0) is 9.59 Å². The molecule has 1 aromatic rings. The number of nitrogens with one attached hydrogen (secondary N) is 3. The number of hydrogen-bond acceptors (Lipinski definition) is 4. The van der Waals surface area contributed by atoms with Gasteiger partial charge in [0.15, 0.2) is 0 Å². The van der Waals surface area contributed by atoms with E-state index in [1.807, 2.05) is 0 Å². The Bertz CT molecular complexity index is 582. The standard InChI is InChI=1S/C16H22N4O3/c17-14(21)6-8-19-15(22)11-3-1-5-13(9-11)20-16(23)12-4-2-7-18-10-12/h1,3,5,9,12,18H,2,4,6-8,10H2,(H2,17,21)(H,19,22)(H,20,23). The summed E-state index contributed by atoms with van der Waals surface area (Å²) in [6.45, 7) is 1.82. The summed E-state index contributed by atoms with van der Waals surface area (Å²) >= 11 is 0. The molecule has 0 radical (unpaired) electrons. The van der Waals surface area contributed by atoms with E-state index in [9.17, 15) is 14.4 Å². The molecule has 1 aliphatic rings. The van der Waals surface area contributed by atoms with Crippen molar-refractivity contribution in [2.45, 2.75) is 19.3 Å². The van der Waals surface area contributed by atoms with Gasteiger partial charge in [0.2, 0.25) is 11.8 Å². The Labute approximate surface area is 135 Å². The van der Waals surface area contributed by atoms with Crippen LogP contribution in [0.25, 0.3) is 0 Å². The zero-order valence-corrected chi connectivity index (χ0v) is 12.9. The number of benzene rings is 1. The van der Waals surface area contributed by atoms with Gasteiger partial charge in [0.1, 0.15) is 0 Å². The lowest BCUT2D eigenvalue weighted by molar-refractivity contribution is -0.120. The Hall–Kier alpha value is -2.41. The van der Waals surface area contributed by atoms with Gasteiger partial charge >= 0.3 is 0 Å². The van der Waals surface area contributed by atoms with Gasteiger partial charge in [0, 0.05) is 30.8 Å². The van der Waals surface area contributed by atoms with Crippen molar-refractivity contribution in [3.05, 3.63) is 29.8 Å². The first-order valence-electron chi connectivity index (χ1n) is 7.74. The third-order valence-electron chi connectivity index (χ3n) is 3.72. The molecule has 1 unspecified atom stereocenters. The molecule has 3 amide bonds. The number of rotatable bonds is 6. The molecule has 0 aliphatic carbocycles. The van der Waals surface area contributed by atoms with Crippen LogP contribution in [0.2, 0.25) is 0 Å². The van der Waals surface area contributed by atoms with Gasteiger partial charge in [-0.25, -0.2) is 0 Å². The van der Waals surface area contributed by atoms with E-state index in [0.717, 1.165) is 19.4 Å². The number of amides is 3. The van der Waals surface area contributed by atoms with Gasteiger partial charge in [-0.3, -0.25) is 14.4 Å². The first kappa shape index (κ1) is 17.0. The van der Waals surface area contributed by atoms with E-state index >= 15 is 0 Å². The summed E-state index contributed by atoms with van der Waals surface area (Å²) in [4.78, 5) is 34.8. The highest BCUT2D eigenvalue weighted by atomic mass is 16.2. The Balaban J connectivity index is 1.92. The first-order valence-corrected chi connectivity index (χ1v) is 7.74. The second-order valence-electron chi connectivity index (χ2n) is 5.59. The van der Waals surface area contributed by atoms with Gasteiger partial charge in [-0.2, -0.15) is 0 Å². The fourth-order valence-electron chi connectivity index (χ4n) is 2.46. The van der Waals surface area contributed by atoms with Crippen molar-refractivity contribution in [2.75, 3.05) is 25.0 Å². The van der Waals surface area contributed by atoms with E-state index in [1.54, 1.807) is 24.3 Å². The van der Waals surface area contributed by atoms with Gasteiger partial charge in [-0.1, -0.05) is 6.07 Å². The van der Waals surface area contributed by atoms with Crippen molar-refractivity contribution in [1.29, 1.82) is 0 Å². The predicted molar refractivity (Wildman–Crippen MR) is 86.8 cm³/mol. The van der Waals surface area contributed by atoms with Gasteiger partial charge in [0.05, 0.1) is 5.92 Å². The van der Waals surface area contributed by atoms with Crippen LogP contribution in [-0.4, -0.2) is 37.4 Å². The average Bonchev–Trinajstić information content (AvgIpc) is 2.55. The highest BCUT2D eigenvalue weighted by molar-refractivity contribution is 5.97. The third kappa shape index (κ3) is 5.37. The molecule has 0 spiro atoms. The number of anilines is 1. The molecule has 2 rings (SSSR count). The minimum Gasteiger partial charge on any atom is -0.370 e. The molecule has 23 heavy (non-hydrogen) atoms. The van der Waals surface area contributed by atoms with Crippen LogP contribution in [0.5, 0.6) is 0 Å². The number of carbonyl (C=O) groups is 3. The molecule has 7 heteroatoms. The fourth-order valence-corrected chi connectivity index (χ4v) is 2.46. The molecule has 7 nitrogen and oxygen atoms in total. The maximum absolute atomic E-state index is 12.2. The molecule has 1 heterocycles. The molecular formula is C16H22N4O3. The molecule has 0 aromatic heterocycles. The summed E-state index contributed by atoms with van der Waals surface area (Å²) in [5.41, 5.74) is 6.04. The van der Waals surface area contributed by atoms with Crippen LogP contribution < -0.4 is 21.7 Å². The second kappa shape index (κ2) is 8.28. The van der Waals surface area contributed by atoms with Crippen molar-refractivity contribution in [3.63, 3.8) is 0 Å². The lowest BCUT2D eigenvalue weighted by Gasteiger charge is -2.22. The fraction of sp³-hybridized carbons (Fsp3) is 0.438. The predicted octanol–water partition coefficient (Wildman–Crippen LogP) is 0.230. The second-order valence-corrected chi connectivity index (χ2v) is 5.59. The molecule has 0 bridgehead atoms. The van der Waals surface area contributed by atoms with Crippen LogP contribution in [0.4, 0.5) is 5.69 Å². The van der Waals surface area contributed by atoms with Crippen LogP contribution >= 0.6 is 0 Å². The zero-order valence-electron chi connectivity index (χ0n) is 12.9. The maximum atomic E-state index is 12.2. The summed E-state index contributed by atoms with van der Waals surface area (Å²) in [5.74, 6) is -0.852. The van der Waals surface area contributed by atoms with Crippen LogP contribution in [0.15, 0.2) is 24.3 Å². The summed E-state index contributed by atoms with van der Waals surface area (Å²) in [6.07, 6.45) is 1.95. The van der Waals surface area contributed by atoms with Crippen molar-refractivity contribution in [1.82, 2.24) is 10.6 Å². The average molecular weight is 318 g/mol. The third-order valence-corrected chi connectivity index (χ3v) is 3.72. The zero-order chi connectivity index (χ0) is 16.7. The molecule has 1 fully saturated rings. The molecule has 1 aliphatic heterocycles. The molecule has 0 saturated carbocycles. The summed E-state index contributed by atoms with van der Waals surface area (Å²) < 4.78 is 0. The molecule has 1 saturated heterocycles. The first-order chi connectivity index (χ1) is 11.1. The number of primary amides is 1. The monoisotopic (exact) mass is 318 g/mol. The van der Waals surface area contributed by atoms with Crippen LogP contribution in [0, 0.1) is 5.92 Å². The molecule has 124 valence electrons. The number of piperidine rings is 1. The largest absolute Gasteiger partial charge is 0.370 e. The van der Waals surface area contributed by atoms with Gasteiger partial charge in [0.25, 0.3) is 5.91 Å². The highest BCUT2D eigenvalue weighted by Gasteiger charge is 2.21. The Morgan fingerprint density at radius 1 is 1.30 bits per heavy atom. The van der Waals surface area contributed by atoms with Crippen LogP contribution in [0.3, 0.4) is 0 Å².